The van der Waals surface area contributed by atoms with Gasteiger partial charge in [-0.15, -0.1) is 0 Å². The number of carbonyl (C=O) groups excluding carboxylic acids is 1. The van der Waals surface area contributed by atoms with Gasteiger partial charge in [0.05, 0.1) is 11.9 Å². The van der Waals surface area contributed by atoms with Gasteiger partial charge in [0.2, 0.25) is 0 Å². The Morgan fingerprint density at radius 3 is 2.55 bits per heavy atom. The molecule has 0 aromatic carbocycles. The number of nitrogens with one attached hydrogen (secondary N) is 1. The Hall–Kier alpha value is -0.420. The molecule has 0 rings (SSSR count). The monoisotopic (exact) mass is 223 g/mol. The summed E-state index contributed by atoms with van der Waals surface area (Å²) >= 11 is 3.00. The fourth-order valence-corrected chi connectivity index (χ4v) is 0.770. The molecule has 2 N–H and O–H groups in total. The zero-order valence-corrected chi connectivity index (χ0v) is 7.56. The molecule has 64 valence electrons. The second-order valence-corrected chi connectivity index (χ2v) is 2.55. The Bertz CT molecular complexity index is 149. The van der Waals surface area contributed by atoms with E-state index in [-0.39, 0.29) is 12.3 Å². The van der Waals surface area contributed by atoms with Crippen LogP contribution in [0.1, 0.15) is 6.42 Å². The number of ketones is 1. The average molecular weight is 224 g/mol. The number of hydrogen-bond donors (Lipinski definition) is 2. The summed E-state index contributed by atoms with van der Waals surface area (Å²) in [5.74, 6) is -0.834. The molecule has 0 fully saturated rings. The summed E-state index contributed by atoms with van der Waals surface area (Å²) in [6.45, 7) is 0.340. The Morgan fingerprint density at radius 2 is 2.09 bits per heavy atom. The molecule has 4 nitrogen and oxygen atoms in total. The van der Waals surface area contributed by atoms with Crippen molar-refractivity contribution in [2.24, 2.45) is 0 Å². The van der Waals surface area contributed by atoms with Crippen LogP contribution in [0.3, 0.4) is 0 Å². The molecule has 0 radical (unpaired) electrons. The molecule has 5 heteroatoms. The minimum absolute atomic E-state index is 0.0721. The predicted octanol–water partition coefficient (Wildman–Crippen LogP) is 0.0147. The number of carbonyl (C=O) groups is 2. The van der Waals surface area contributed by atoms with Crippen LogP contribution in [0.15, 0.2) is 0 Å². The molecular weight excluding hydrogens is 214 g/mol. The smallest absolute Gasteiger partial charge is 0.317 e. The molecule has 0 spiro atoms. The van der Waals surface area contributed by atoms with Gasteiger partial charge in [-0.1, -0.05) is 15.9 Å². The summed E-state index contributed by atoms with van der Waals surface area (Å²) in [5.41, 5.74) is 0. The number of hydrogen-bond acceptors (Lipinski definition) is 3. The number of halogens is 1. The van der Waals surface area contributed by atoms with Gasteiger partial charge in [0, 0.05) is 13.0 Å². The first kappa shape index (κ1) is 10.6. The molecule has 0 aliphatic carbocycles. The number of carboxylic acids is 1. The topological polar surface area (TPSA) is 66.4 Å². The molecule has 0 aliphatic rings. The van der Waals surface area contributed by atoms with Crippen LogP contribution in [0.25, 0.3) is 0 Å². The van der Waals surface area contributed by atoms with Crippen molar-refractivity contribution in [2.75, 3.05) is 18.4 Å². The molecule has 0 saturated carbocycles. The zero-order valence-electron chi connectivity index (χ0n) is 5.97. The molecule has 11 heavy (non-hydrogen) atoms. The number of rotatable bonds is 6. The molecule has 0 aliphatic heterocycles. The first-order chi connectivity index (χ1) is 5.16. The number of alkyl halides is 1. The van der Waals surface area contributed by atoms with Crippen molar-refractivity contribution in [3.63, 3.8) is 0 Å². The molecule has 0 amide bonds. The number of Topliss-reactive ketones (excluding diaryl/α,β-unsaturated/α-hetero) is 1. The third kappa shape index (κ3) is 7.48. The number of aliphatic carboxylic acids is 1. The van der Waals surface area contributed by atoms with Gasteiger partial charge in [-0.2, -0.15) is 0 Å². The van der Waals surface area contributed by atoms with Crippen molar-refractivity contribution in [3.8, 4) is 0 Å². The van der Waals surface area contributed by atoms with Crippen LogP contribution in [0.5, 0.6) is 0 Å². The van der Waals surface area contributed by atoms with Crippen LogP contribution in [0, 0.1) is 0 Å². The van der Waals surface area contributed by atoms with E-state index >= 15 is 0 Å². The lowest BCUT2D eigenvalue weighted by Gasteiger charge is -1.97. The standard InChI is InChI=1S/C6H10BrNO3/c7-3-5(9)1-2-8-4-6(10)11/h8H,1-4H2,(H,10,11). The summed E-state index contributed by atoms with van der Waals surface area (Å²) in [6, 6.07) is 0. The summed E-state index contributed by atoms with van der Waals surface area (Å²) < 4.78 is 0. The van der Waals surface area contributed by atoms with Crippen molar-refractivity contribution < 1.29 is 14.7 Å². The highest BCUT2D eigenvalue weighted by molar-refractivity contribution is 9.09. The summed E-state index contributed by atoms with van der Waals surface area (Å²) in [6.07, 6.45) is 0.374. The van der Waals surface area contributed by atoms with E-state index in [1.165, 1.54) is 0 Å². The fraction of sp³-hybridized carbons (Fsp3) is 0.667. The van der Waals surface area contributed by atoms with Crippen LogP contribution in [-0.4, -0.2) is 35.3 Å². The van der Waals surface area contributed by atoms with E-state index in [1.54, 1.807) is 0 Å². The van der Waals surface area contributed by atoms with E-state index in [0.29, 0.717) is 18.3 Å². The maximum atomic E-state index is 10.6. The first-order valence-corrected chi connectivity index (χ1v) is 4.29. The van der Waals surface area contributed by atoms with E-state index in [2.05, 4.69) is 21.2 Å². The lowest BCUT2D eigenvalue weighted by Crippen LogP contribution is -2.25. The SMILES string of the molecule is O=C(O)CNCCC(=O)CBr. The highest BCUT2D eigenvalue weighted by Crippen LogP contribution is 1.86. The summed E-state index contributed by atoms with van der Waals surface area (Å²) in [7, 11) is 0. The zero-order chi connectivity index (χ0) is 8.69. The Balaban J connectivity index is 3.14. The summed E-state index contributed by atoms with van der Waals surface area (Å²) in [4.78, 5) is 20.6. The molecule has 0 aromatic heterocycles. The van der Waals surface area contributed by atoms with Gasteiger partial charge in [-0.25, -0.2) is 0 Å². The minimum atomic E-state index is -0.906. The quantitative estimate of drug-likeness (QED) is 0.492. The molecule has 0 bridgehead atoms. The number of carboxylic acid groups (broad SMARTS) is 1. The van der Waals surface area contributed by atoms with Gasteiger partial charge in [0.25, 0.3) is 0 Å². The van der Waals surface area contributed by atoms with Gasteiger partial charge >= 0.3 is 5.97 Å². The summed E-state index contributed by atoms with van der Waals surface area (Å²) in [5, 5.41) is 11.1. The molecule has 0 aromatic rings. The van der Waals surface area contributed by atoms with Gasteiger partial charge < -0.3 is 10.4 Å². The third-order valence-electron chi connectivity index (χ3n) is 1.01. The lowest BCUT2D eigenvalue weighted by molar-refractivity contribution is -0.136. The van der Waals surface area contributed by atoms with Crippen LogP contribution in [-0.2, 0) is 9.59 Å². The Labute approximate surface area is 73.1 Å². The molecule has 0 atom stereocenters. The van der Waals surface area contributed by atoms with E-state index in [0.717, 1.165) is 0 Å². The van der Waals surface area contributed by atoms with E-state index in [9.17, 15) is 9.59 Å². The van der Waals surface area contributed by atoms with Crippen molar-refractivity contribution in [1.29, 1.82) is 0 Å². The van der Waals surface area contributed by atoms with E-state index in [1.807, 2.05) is 0 Å². The molecule has 0 heterocycles. The normalized spacial score (nSPS) is 9.55. The van der Waals surface area contributed by atoms with Crippen LogP contribution in [0.2, 0.25) is 0 Å². The first-order valence-electron chi connectivity index (χ1n) is 3.17. The molecule has 0 unspecified atom stereocenters. The van der Waals surface area contributed by atoms with Gasteiger partial charge in [-0.05, 0) is 0 Å². The Kier molecular flexibility index (Phi) is 6.06. The van der Waals surface area contributed by atoms with E-state index in [4.69, 9.17) is 5.11 Å². The second kappa shape index (κ2) is 6.30. The van der Waals surface area contributed by atoms with Gasteiger partial charge in [0.15, 0.2) is 0 Å². The minimum Gasteiger partial charge on any atom is -0.480 e. The lowest BCUT2D eigenvalue weighted by atomic mass is 10.3. The second-order valence-electron chi connectivity index (χ2n) is 1.99. The maximum absolute atomic E-state index is 10.6. The maximum Gasteiger partial charge on any atom is 0.317 e. The fourth-order valence-electron chi connectivity index (χ4n) is 0.490. The van der Waals surface area contributed by atoms with Gasteiger partial charge in [-0.3, -0.25) is 9.59 Å². The molecule has 0 saturated heterocycles. The van der Waals surface area contributed by atoms with Crippen LogP contribution < -0.4 is 5.32 Å². The van der Waals surface area contributed by atoms with Gasteiger partial charge in [0.1, 0.15) is 5.78 Å². The van der Waals surface area contributed by atoms with Crippen molar-refractivity contribution >= 4 is 27.7 Å². The largest absolute Gasteiger partial charge is 0.480 e. The van der Waals surface area contributed by atoms with Crippen LogP contribution in [0.4, 0.5) is 0 Å². The average Bonchev–Trinajstić information content (AvgIpc) is 1.97. The highest BCUT2D eigenvalue weighted by atomic mass is 79.9. The van der Waals surface area contributed by atoms with Crippen molar-refractivity contribution in [3.05, 3.63) is 0 Å². The van der Waals surface area contributed by atoms with Crippen LogP contribution >= 0.6 is 15.9 Å². The van der Waals surface area contributed by atoms with Crippen molar-refractivity contribution in [1.82, 2.24) is 5.32 Å². The van der Waals surface area contributed by atoms with Crippen molar-refractivity contribution in [2.45, 2.75) is 6.42 Å². The third-order valence-corrected chi connectivity index (χ3v) is 1.63. The highest BCUT2D eigenvalue weighted by Gasteiger charge is 1.99. The molecular formula is C6H10BrNO3. The van der Waals surface area contributed by atoms with E-state index < -0.39 is 5.97 Å². The predicted molar refractivity (Wildman–Crippen MR) is 43.9 cm³/mol. The Morgan fingerprint density at radius 1 is 1.45 bits per heavy atom.